The lowest BCUT2D eigenvalue weighted by molar-refractivity contribution is 0.378. The van der Waals surface area contributed by atoms with E-state index in [1.54, 1.807) is 11.8 Å². The van der Waals surface area contributed by atoms with E-state index in [0.717, 1.165) is 9.79 Å². The van der Waals surface area contributed by atoms with Gasteiger partial charge in [0.05, 0.1) is 1.37 Å². The van der Waals surface area contributed by atoms with Gasteiger partial charge in [-0.1, -0.05) is 30.0 Å². The molecule has 0 N–H and O–H groups in total. The van der Waals surface area contributed by atoms with Gasteiger partial charge in [0.15, 0.2) is 69.8 Å². The van der Waals surface area contributed by atoms with Gasteiger partial charge in [-0.2, -0.15) is 0 Å². The Kier molecular flexibility index (Phi) is 12.3. The van der Waals surface area contributed by atoms with E-state index in [9.17, 15) is 52.7 Å². The molecule has 0 saturated heterocycles. The lowest BCUT2D eigenvalue weighted by Gasteiger charge is -2.44. The molecule has 0 atom stereocenters. The average Bonchev–Trinajstić information content (AvgIpc) is 3.22. The van der Waals surface area contributed by atoms with Crippen molar-refractivity contribution in [3.05, 3.63) is 171 Å². The second kappa shape index (κ2) is 16.7. The third-order valence-corrected chi connectivity index (χ3v) is 9.78. The van der Waals surface area contributed by atoms with E-state index in [1.807, 2.05) is 36.4 Å². The largest absolute Gasteiger partial charge is 0.207 e. The summed E-state index contributed by atoms with van der Waals surface area (Å²) in [5.41, 5.74) is -14.3. The Balaban J connectivity index is 0.000000379. The number of halogens is 20. The van der Waals surface area contributed by atoms with E-state index in [4.69, 9.17) is 1.37 Å². The summed E-state index contributed by atoms with van der Waals surface area (Å²) in [6.07, 6.45) is -7.22. The van der Waals surface area contributed by atoms with Gasteiger partial charge in [-0.05, 0) is 49.0 Å². The lowest BCUT2D eigenvalue weighted by Crippen LogP contribution is -2.81. The molecule has 0 radical (unpaired) electrons. The van der Waals surface area contributed by atoms with E-state index >= 15 is 35.1 Å². The van der Waals surface area contributed by atoms with Crippen LogP contribution < -0.4 is 21.9 Å². The van der Waals surface area contributed by atoms with Crippen LogP contribution in [0.1, 0.15) is 1.37 Å². The third kappa shape index (κ3) is 7.24. The zero-order chi connectivity index (χ0) is 45.0. The van der Waals surface area contributed by atoms with Gasteiger partial charge in [-0.25, -0.2) is 87.8 Å². The van der Waals surface area contributed by atoms with Crippen LogP contribution in [0, 0.1) is 116 Å². The predicted octanol–water partition coefficient (Wildman–Crippen LogP) is 9.05. The molecular weight excluding hydrogens is 887 g/mol. The Labute approximate surface area is 326 Å². The smallest absolute Gasteiger partial charge is 0.200 e. The first kappa shape index (κ1) is 43.3. The molecule has 0 unspecified atom stereocenters. The van der Waals surface area contributed by atoms with E-state index in [2.05, 4.69) is 24.8 Å². The monoisotopic (exact) mass is 899 g/mol. The Morgan fingerprint density at radius 3 is 0.814 bits per heavy atom. The van der Waals surface area contributed by atoms with Crippen LogP contribution in [0.25, 0.3) is 0 Å². The van der Waals surface area contributed by atoms with Crippen molar-refractivity contribution in [2.45, 2.75) is 14.7 Å². The molecule has 0 spiro atoms. The van der Waals surface area contributed by atoms with Crippen LogP contribution in [0.5, 0.6) is 0 Å². The first-order chi connectivity index (χ1) is 28.0. The Morgan fingerprint density at radius 2 is 0.559 bits per heavy atom. The summed E-state index contributed by atoms with van der Waals surface area (Å²) < 4.78 is 302. The third-order valence-electron chi connectivity index (χ3n) is 8.47. The van der Waals surface area contributed by atoms with E-state index in [-0.39, 0.29) is 0 Å². The summed E-state index contributed by atoms with van der Waals surface area (Å²) in [4.78, 5) is 3.11. The molecule has 6 aromatic carbocycles. The molecule has 0 heterocycles. The fourth-order valence-electron chi connectivity index (χ4n) is 5.97. The van der Waals surface area contributed by atoms with Crippen molar-refractivity contribution in [3.8, 4) is 0 Å². The summed E-state index contributed by atoms with van der Waals surface area (Å²) in [6.45, 7) is 0. The van der Waals surface area contributed by atoms with E-state index in [1.165, 1.54) is 4.90 Å². The minimum absolute atomic E-state index is 0.521. The van der Waals surface area contributed by atoms with Crippen molar-refractivity contribution >= 4 is 52.4 Å². The summed E-state index contributed by atoms with van der Waals surface area (Å²) in [5, 5.41) is 0. The second-order valence-corrected chi connectivity index (χ2v) is 13.3. The molecule has 0 aliphatic carbocycles. The SMILES string of the molecule is Fc1c(F)c(F)c([B-](c2c(F)c(F)c(F)c(F)c2F)(c2c(F)c(F)c(F)c(F)c2F)c2c(F)c(F)c(F)c(F)c2F)c(F)c1F.[2H]c1cc(Sc2ccccc2)ccc1[SH2+]. The van der Waals surface area contributed by atoms with Crippen LogP contribution in [0.3, 0.4) is 0 Å². The van der Waals surface area contributed by atoms with E-state index < -0.39 is 144 Å². The quantitative estimate of drug-likeness (QED) is 0.0529. The number of hydrogen-bond acceptors (Lipinski definition) is 1. The number of hydrogen-bond donors (Lipinski definition) is 0. The van der Waals surface area contributed by atoms with Gasteiger partial charge in [0.1, 0.15) is 57.6 Å². The minimum atomic E-state index is -7.22. The standard InChI is InChI=1S/C24BF20.C12H10S2/c26-5-1(6(27)14(35)21(42)13(5)34)25(2-7(28)15(36)22(43)16(37)8(2)29,3-9(30)17(38)23(44)18(39)10(3)31)4-11(32)19(40)24(45)20(41)12(4)33;13-10-6-8-12(9-7-10)14-11-4-2-1-3-5-11/h;1-9,13H/q-1;/p+1/i;6D. The molecule has 59 heavy (non-hydrogen) atoms. The molecule has 0 aliphatic rings. The predicted molar refractivity (Wildman–Crippen MR) is 175 cm³/mol. The van der Waals surface area contributed by atoms with Gasteiger partial charge in [0.25, 0.3) is 0 Å². The van der Waals surface area contributed by atoms with Crippen LogP contribution >= 0.6 is 11.8 Å². The highest BCUT2D eigenvalue weighted by Gasteiger charge is 2.52. The highest BCUT2D eigenvalue weighted by molar-refractivity contribution is 7.99. The molecule has 310 valence electrons. The maximum Gasteiger partial charge on any atom is 0.200 e. The van der Waals surface area contributed by atoms with Crippen molar-refractivity contribution in [1.29, 1.82) is 0 Å². The van der Waals surface area contributed by atoms with Crippen LogP contribution in [0.2, 0.25) is 0 Å². The van der Waals surface area contributed by atoms with Gasteiger partial charge >= 0.3 is 0 Å². The van der Waals surface area contributed by atoms with Crippen molar-refractivity contribution in [1.82, 2.24) is 0 Å². The summed E-state index contributed by atoms with van der Waals surface area (Å²) >= 11 is 5.04. The molecule has 0 fully saturated rings. The minimum Gasteiger partial charge on any atom is -0.207 e. The maximum absolute atomic E-state index is 15.4. The second-order valence-electron chi connectivity index (χ2n) is 11.7. The number of rotatable bonds is 6. The van der Waals surface area contributed by atoms with Crippen LogP contribution in [-0.4, -0.2) is 6.15 Å². The Bertz CT molecular complexity index is 2330. The molecule has 0 aromatic heterocycles. The normalized spacial score (nSPS) is 11.8. The van der Waals surface area contributed by atoms with Crippen LogP contribution in [-0.2, 0) is 12.6 Å². The lowest BCUT2D eigenvalue weighted by atomic mass is 9.12. The Morgan fingerprint density at radius 1 is 0.322 bits per heavy atom. The molecule has 6 aromatic rings. The first-order valence-electron chi connectivity index (χ1n) is 15.7. The highest BCUT2D eigenvalue weighted by Crippen LogP contribution is 2.31. The van der Waals surface area contributed by atoms with Crippen LogP contribution in [0.15, 0.2) is 69.3 Å². The molecule has 0 aliphatic heterocycles. The fraction of sp³-hybridized carbons (Fsp3) is 0. The molecule has 6 rings (SSSR count). The zero-order valence-corrected chi connectivity index (χ0v) is 29.5. The summed E-state index contributed by atoms with van der Waals surface area (Å²) in [7, 11) is 0. The van der Waals surface area contributed by atoms with Crippen LogP contribution in [0.4, 0.5) is 87.8 Å². The molecule has 0 bridgehead atoms. The molecule has 23 heteroatoms. The first-order valence-corrected chi connectivity index (χ1v) is 16.6. The van der Waals surface area contributed by atoms with Crippen molar-refractivity contribution in [3.63, 3.8) is 0 Å². The number of benzene rings is 6. The van der Waals surface area contributed by atoms with E-state index in [0.29, 0.717) is 6.04 Å². The summed E-state index contributed by atoms with van der Waals surface area (Å²) in [5.74, 6) is -71.4. The van der Waals surface area contributed by atoms with Crippen molar-refractivity contribution < 1.29 is 89.2 Å². The topological polar surface area (TPSA) is 0 Å². The van der Waals surface area contributed by atoms with Gasteiger partial charge in [0.2, 0.25) is 0 Å². The highest BCUT2D eigenvalue weighted by atomic mass is 32.2. The van der Waals surface area contributed by atoms with Crippen molar-refractivity contribution in [2.75, 3.05) is 0 Å². The van der Waals surface area contributed by atoms with Gasteiger partial charge in [-0.3, -0.25) is 0 Å². The van der Waals surface area contributed by atoms with Gasteiger partial charge < -0.3 is 0 Å². The molecular formula is C36H11BF20S2. The van der Waals surface area contributed by atoms with Gasteiger partial charge in [0, 0.05) is 9.79 Å². The average molecular weight is 899 g/mol. The Hall–Kier alpha value is -5.32. The fourth-order valence-corrected chi connectivity index (χ4v) is 6.95. The van der Waals surface area contributed by atoms with Crippen molar-refractivity contribution in [2.24, 2.45) is 0 Å². The molecule has 0 amide bonds. The maximum atomic E-state index is 15.4. The van der Waals surface area contributed by atoms with Gasteiger partial charge in [-0.15, -0.1) is 21.9 Å². The molecule has 0 saturated carbocycles. The molecule has 0 nitrogen and oxygen atoms in total. The zero-order valence-electron chi connectivity index (χ0n) is 28.7. The summed E-state index contributed by atoms with van der Waals surface area (Å²) in [6, 6.07) is 16.5.